The zero-order valence-corrected chi connectivity index (χ0v) is 10.0. The average Bonchev–Trinajstić information content (AvgIpc) is 3.04. The predicted molar refractivity (Wildman–Crippen MR) is 61.2 cm³/mol. The highest BCUT2D eigenvalue weighted by Gasteiger charge is 2.24. The van der Waals surface area contributed by atoms with Crippen LogP contribution in [0.5, 0.6) is 5.75 Å². The van der Waals surface area contributed by atoms with Crippen LogP contribution in [0.15, 0.2) is 22.7 Å². The lowest BCUT2D eigenvalue weighted by molar-refractivity contribution is 0.0962. The highest BCUT2D eigenvalue weighted by atomic mass is 79.9. The molecule has 1 aliphatic rings. The molecule has 1 aromatic rings. The van der Waals surface area contributed by atoms with Crippen LogP contribution in [0.4, 0.5) is 0 Å². The second kappa shape index (κ2) is 4.23. The van der Waals surface area contributed by atoms with Gasteiger partial charge in [0.1, 0.15) is 5.75 Å². The normalized spacial score (nSPS) is 14.8. The molecule has 15 heavy (non-hydrogen) atoms. The Hall–Kier alpha value is -1.03. The second-order valence-electron chi connectivity index (χ2n) is 3.54. The van der Waals surface area contributed by atoms with Crippen LogP contribution in [0.1, 0.15) is 23.2 Å². The molecule has 0 spiro atoms. The molecule has 0 bridgehead atoms. The number of rotatable bonds is 3. The number of carbonyl (C=O) groups excluding carboxylic acids is 1. The molecule has 1 aromatic carbocycles. The largest absolute Gasteiger partial charge is 0.489 e. The maximum atomic E-state index is 11.4. The number of nitrogens with one attached hydrogen (secondary N) is 1. The molecule has 80 valence electrons. The molecule has 2 rings (SSSR count). The van der Waals surface area contributed by atoms with Gasteiger partial charge in [0, 0.05) is 12.6 Å². The number of amides is 1. The second-order valence-corrected chi connectivity index (χ2v) is 4.40. The molecule has 0 saturated heterocycles. The summed E-state index contributed by atoms with van der Waals surface area (Å²) in [6.07, 6.45) is 2.55. The minimum absolute atomic E-state index is 0.0943. The van der Waals surface area contributed by atoms with E-state index >= 15 is 0 Å². The summed E-state index contributed by atoms with van der Waals surface area (Å²) in [4.78, 5) is 11.4. The van der Waals surface area contributed by atoms with Crippen molar-refractivity contribution in [1.82, 2.24) is 5.32 Å². The standard InChI is InChI=1S/C11H12BrNO2/c1-13-11(14)7-2-5-9(12)10(6-7)15-8-3-4-8/h2,5-6,8H,3-4H2,1H3,(H,13,14). The number of ether oxygens (including phenoxy) is 1. The smallest absolute Gasteiger partial charge is 0.251 e. The Labute approximate surface area is 96.9 Å². The van der Waals surface area contributed by atoms with Gasteiger partial charge in [0.05, 0.1) is 10.6 Å². The Balaban J connectivity index is 2.22. The fraction of sp³-hybridized carbons (Fsp3) is 0.364. The number of hydrogen-bond donors (Lipinski definition) is 1. The summed E-state index contributed by atoms with van der Waals surface area (Å²) < 4.78 is 6.56. The molecule has 4 heteroatoms. The van der Waals surface area contributed by atoms with Crippen molar-refractivity contribution in [2.45, 2.75) is 18.9 Å². The van der Waals surface area contributed by atoms with Gasteiger partial charge in [-0.05, 0) is 47.0 Å². The van der Waals surface area contributed by atoms with Crippen molar-refractivity contribution in [2.24, 2.45) is 0 Å². The van der Waals surface area contributed by atoms with Gasteiger partial charge in [-0.15, -0.1) is 0 Å². The quantitative estimate of drug-likeness (QED) is 0.915. The molecule has 0 aromatic heterocycles. The van der Waals surface area contributed by atoms with E-state index in [4.69, 9.17) is 4.74 Å². The Morgan fingerprint density at radius 3 is 2.87 bits per heavy atom. The van der Waals surface area contributed by atoms with E-state index in [2.05, 4.69) is 21.2 Å². The molecule has 0 atom stereocenters. The lowest BCUT2D eigenvalue weighted by Gasteiger charge is -2.08. The van der Waals surface area contributed by atoms with Crippen molar-refractivity contribution in [3.05, 3.63) is 28.2 Å². The summed E-state index contributed by atoms with van der Waals surface area (Å²) in [5.41, 5.74) is 0.622. The van der Waals surface area contributed by atoms with Crippen molar-refractivity contribution in [3.63, 3.8) is 0 Å². The summed E-state index contributed by atoms with van der Waals surface area (Å²) in [5, 5.41) is 2.59. The molecule has 1 N–H and O–H groups in total. The summed E-state index contributed by atoms with van der Waals surface area (Å²) >= 11 is 3.40. The zero-order chi connectivity index (χ0) is 10.8. The van der Waals surface area contributed by atoms with Crippen LogP contribution in [0.25, 0.3) is 0 Å². The number of hydrogen-bond acceptors (Lipinski definition) is 2. The minimum atomic E-state index is -0.0943. The summed E-state index contributed by atoms with van der Waals surface area (Å²) in [6, 6.07) is 5.37. The topological polar surface area (TPSA) is 38.3 Å². The van der Waals surface area contributed by atoms with Gasteiger partial charge in [0.15, 0.2) is 0 Å². The average molecular weight is 270 g/mol. The third kappa shape index (κ3) is 2.50. The van der Waals surface area contributed by atoms with E-state index in [1.54, 1.807) is 19.2 Å². The molecule has 1 saturated carbocycles. The van der Waals surface area contributed by atoms with Crippen molar-refractivity contribution < 1.29 is 9.53 Å². The van der Waals surface area contributed by atoms with Crippen molar-refractivity contribution in [2.75, 3.05) is 7.05 Å². The Kier molecular flexibility index (Phi) is 2.95. The maximum Gasteiger partial charge on any atom is 0.251 e. The van der Waals surface area contributed by atoms with Crippen molar-refractivity contribution in [3.8, 4) is 5.75 Å². The first-order chi connectivity index (χ1) is 7.20. The Morgan fingerprint density at radius 2 is 2.27 bits per heavy atom. The van der Waals surface area contributed by atoms with Crippen LogP contribution in [-0.2, 0) is 0 Å². The number of carbonyl (C=O) groups is 1. The lowest BCUT2D eigenvalue weighted by Crippen LogP contribution is -2.17. The van der Waals surface area contributed by atoms with E-state index in [1.165, 1.54) is 0 Å². The molecule has 0 unspecified atom stereocenters. The molecule has 0 radical (unpaired) electrons. The molecule has 0 aliphatic heterocycles. The highest BCUT2D eigenvalue weighted by molar-refractivity contribution is 9.10. The number of halogens is 1. The van der Waals surface area contributed by atoms with Crippen LogP contribution in [-0.4, -0.2) is 19.1 Å². The van der Waals surface area contributed by atoms with E-state index in [1.807, 2.05) is 6.07 Å². The summed E-state index contributed by atoms with van der Waals surface area (Å²) in [6.45, 7) is 0. The van der Waals surface area contributed by atoms with E-state index in [0.29, 0.717) is 11.7 Å². The van der Waals surface area contributed by atoms with Gasteiger partial charge in [-0.3, -0.25) is 4.79 Å². The lowest BCUT2D eigenvalue weighted by atomic mass is 10.2. The van der Waals surface area contributed by atoms with Gasteiger partial charge in [-0.1, -0.05) is 0 Å². The summed E-state index contributed by atoms with van der Waals surface area (Å²) in [5.74, 6) is 0.654. The predicted octanol–water partition coefficient (Wildman–Crippen LogP) is 2.35. The highest BCUT2D eigenvalue weighted by Crippen LogP contribution is 2.32. The first-order valence-electron chi connectivity index (χ1n) is 4.89. The van der Waals surface area contributed by atoms with Crippen LogP contribution in [0, 0.1) is 0 Å². The van der Waals surface area contributed by atoms with E-state index < -0.39 is 0 Å². The van der Waals surface area contributed by atoms with Gasteiger partial charge in [0.2, 0.25) is 0 Å². The summed E-state index contributed by atoms with van der Waals surface area (Å²) in [7, 11) is 1.62. The van der Waals surface area contributed by atoms with Gasteiger partial charge in [-0.2, -0.15) is 0 Å². The third-order valence-electron chi connectivity index (χ3n) is 2.24. The fourth-order valence-electron chi connectivity index (χ4n) is 1.24. The van der Waals surface area contributed by atoms with Gasteiger partial charge >= 0.3 is 0 Å². The molecular formula is C11H12BrNO2. The molecule has 0 heterocycles. The van der Waals surface area contributed by atoms with Crippen molar-refractivity contribution >= 4 is 21.8 Å². The molecule has 3 nitrogen and oxygen atoms in total. The van der Waals surface area contributed by atoms with E-state index in [-0.39, 0.29) is 5.91 Å². The van der Waals surface area contributed by atoms with Crippen LogP contribution >= 0.6 is 15.9 Å². The maximum absolute atomic E-state index is 11.4. The van der Waals surface area contributed by atoms with Gasteiger partial charge < -0.3 is 10.1 Å². The molecule has 1 amide bonds. The SMILES string of the molecule is CNC(=O)c1ccc(Br)c(OC2CC2)c1. The van der Waals surface area contributed by atoms with Crippen LogP contribution in [0.3, 0.4) is 0 Å². The Bertz CT molecular complexity index is 388. The fourth-order valence-corrected chi connectivity index (χ4v) is 1.58. The van der Waals surface area contributed by atoms with Gasteiger partial charge in [-0.25, -0.2) is 0 Å². The van der Waals surface area contributed by atoms with E-state index in [0.717, 1.165) is 23.1 Å². The first kappa shape index (κ1) is 10.5. The minimum Gasteiger partial charge on any atom is -0.489 e. The zero-order valence-electron chi connectivity index (χ0n) is 8.42. The first-order valence-corrected chi connectivity index (χ1v) is 5.68. The van der Waals surface area contributed by atoms with E-state index in [9.17, 15) is 4.79 Å². The molecule has 1 fully saturated rings. The van der Waals surface area contributed by atoms with Gasteiger partial charge in [0.25, 0.3) is 5.91 Å². The van der Waals surface area contributed by atoms with Crippen molar-refractivity contribution in [1.29, 1.82) is 0 Å². The number of benzene rings is 1. The monoisotopic (exact) mass is 269 g/mol. The molecule has 1 aliphatic carbocycles. The molecular weight excluding hydrogens is 258 g/mol. The Morgan fingerprint density at radius 1 is 1.53 bits per heavy atom. The van der Waals surface area contributed by atoms with Crippen LogP contribution in [0.2, 0.25) is 0 Å². The van der Waals surface area contributed by atoms with Crippen LogP contribution < -0.4 is 10.1 Å². The third-order valence-corrected chi connectivity index (χ3v) is 2.89.